The van der Waals surface area contributed by atoms with Crippen LogP contribution in [-0.2, 0) is 9.59 Å². The van der Waals surface area contributed by atoms with Crippen LogP contribution in [0.25, 0.3) is 5.76 Å². The minimum Gasteiger partial charge on any atom is -0.507 e. The van der Waals surface area contributed by atoms with Crippen molar-refractivity contribution in [2.45, 2.75) is 103 Å². The Labute approximate surface area is 245 Å². The molecule has 0 saturated carbocycles. The second kappa shape index (κ2) is 17.1. The van der Waals surface area contributed by atoms with Gasteiger partial charge in [0.25, 0.3) is 11.7 Å². The number of nitrogens with zero attached hydrogens (tertiary/aromatic N) is 1. The first-order valence-electron chi connectivity index (χ1n) is 15.2. The molecule has 1 saturated heterocycles. The van der Waals surface area contributed by atoms with Crippen LogP contribution in [0.1, 0.15) is 114 Å². The molecule has 2 aromatic carbocycles. The van der Waals surface area contributed by atoms with Crippen molar-refractivity contribution in [3.05, 3.63) is 70.3 Å². The standard InChI is InChI=1S/C34H46ClNO4/c1-3-4-5-6-7-8-9-10-11-12-13-14-15-16-25-36-31(26-19-23-29(40-2)24-20-26)30(33(38)34(36)39)32(37)27-17-21-28(35)22-18-27/h17-24,31,37H,3-16,25H2,1-2H3/b32-30+. The third kappa shape index (κ3) is 9.12. The van der Waals surface area contributed by atoms with Gasteiger partial charge >= 0.3 is 0 Å². The van der Waals surface area contributed by atoms with Crippen LogP contribution >= 0.6 is 11.6 Å². The van der Waals surface area contributed by atoms with E-state index in [1.54, 1.807) is 36.3 Å². The highest BCUT2D eigenvalue weighted by Crippen LogP contribution is 2.40. The number of halogens is 1. The van der Waals surface area contributed by atoms with Gasteiger partial charge in [-0.1, -0.05) is 114 Å². The topological polar surface area (TPSA) is 66.8 Å². The van der Waals surface area contributed by atoms with Gasteiger partial charge in [-0.25, -0.2) is 0 Å². The molecular weight excluding hydrogens is 522 g/mol. The van der Waals surface area contributed by atoms with E-state index in [9.17, 15) is 14.7 Å². The van der Waals surface area contributed by atoms with Gasteiger partial charge in [0, 0.05) is 17.1 Å². The van der Waals surface area contributed by atoms with Crippen LogP contribution < -0.4 is 4.74 Å². The summed E-state index contributed by atoms with van der Waals surface area (Å²) in [5.41, 5.74) is 1.33. The zero-order valence-electron chi connectivity index (χ0n) is 24.3. The van der Waals surface area contributed by atoms with Gasteiger partial charge < -0.3 is 14.7 Å². The van der Waals surface area contributed by atoms with Gasteiger partial charge in [0.05, 0.1) is 18.7 Å². The van der Waals surface area contributed by atoms with Crippen molar-refractivity contribution in [3.63, 3.8) is 0 Å². The van der Waals surface area contributed by atoms with Crippen molar-refractivity contribution in [1.29, 1.82) is 0 Å². The monoisotopic (exact) mass is 567 g/mol. The Balaban J connectivity index is 1.55. The molecule has 0 aliphatic carbocycles. The van der Waals surface area contributed by atoms with E-state index in [2.05, 4.69) is 6.92 Å². The Morgan fingerprint density at radius 2 is 1.27 bits per heavy atom. The number of benzene rings is 2. The first kappa shape index (κ1) is 31.7. The van der Waals surface area contributed by atoms with Gasteiger partial charge in [0.2, 0.25) is 0 Å². The number of rotatable bonds is 18. The van der Waals surface area contributed by atoms with E-state index in [-0.39, 0.29) is 11.3 Å². The summed E-state index contributed by atoms with van der Waals surface area (Å²) in [4.78, 5) is 28.0. The molecule has 0 radical (unpaired) electrons. The summed E-state index contributed by atoms with van der Waals surface area (Å²) < 4.78 is 5.29. The van der Waals surface area contributed by atoms with Gasteiger partial charge in [0.15, 0.2) is 0 Å². The van der Waals surface area contributed by atoms with Crippen LogP contribution in [0, 0.1) is 0 Å². The largest absolute Gasteiger partial charge is 0.507 e. The fourth-order valence-electron chi connectivity index (χ4n) is 5.48. The quantitative estimate of drug-likeness (QED) is 0.0843. The maximum Gasteiger partial charge on any atom is 0.295 e. The Kier molecular flexibility index (Phi) is 13.6. The average molecular weight is 568 g/mol. The number of carbonyl (C=O) groups is 2. The lowest BCUT2D eigenvalue weighted by atomic mass is 9.95. The SMILES string of the molecule is CCCCCCCCCCCCCCCCN1C(=O)C(=O)/C(=C(/O)c2ccc(Cl)cc2)C1c1ccc(OC)cc1. The Hall–Kier alpha value is -2.79. The summed E-state index contributed by atoms with van der Waals surface area (Å²) in [5, 5.41) is 11.7. The van der Waals surface area contributed by atoms with Gasteiger partial charge in [0.1, 0.15) is 11.5 Å². The highest BCUT2D eigenvalue weighted by Gasteiger charge is 2.45. The van der Waals surface area contributed by atoms with E-state index in [0.717, 1.165) is 24.8 Å². The number of hydrogen-bond donors (Lipinski definition) is 1. The molecule has 0 spiro atoms. The van der Waals surface area contributed by atoms with Crippen LogP contribution in [0.2, 0.25) is 5.02 Å². The van der Waals surface area contributed by atoms with E-state index < -0.39 is 17.7 Å². The van der Waals surface area contributed by atoms with Crippen LogP contribution in [-0.4, -0.2) is 35.4 Å². The predicted octanol–water partition coefficient (Wildman–Crippen LogP) is 9.25. The minimum atomic E-state index is -0.654. The van der Waals surface area contributed by atoms with Gasteiger partial charge in [-0.3, -0.25) is 9.59 Å². The number of unbranched alkanes of at least 4 members (excludes halogenated alkanes) is 13. The molecule has 1 aliphatic rings. The summed E-state index contributed by atoms with van der Waals surface area (Å²) in [5.74, 6) is -0.714. The molecule has 6 heteroatoms. The number of ketones is 1. The first-order valence-corrected chi connectivity index (χ1v) is 15.5. The van der Waals surface area contributed by atoms with Crippen LogP contribution in [0.5, 0.6) is 5.75 Å². The van der Waals surface area contributed by atoms with E-state index >= 15 is 0 Å². The molecule has 5 nitrogen and oxygen atoms in total. The number of ether oxygens (including phenoxy) is 1. The fourth-order valence-corrected chi connectivity index (χ4v) is 5.61. The van der Waals surface area contributed by atoms with Crippen molar-refractivity contribution in [3.8, 4) is 5.75 Å². The number of aliphatic hydroxyl groups excluding tert-OH is 1. The second-order valence-electron chi connectivity index (χ2n) is 10.9. The molecule has 2 aromatic rings. The van der Waals surface area contributed by atoms with Crippen molar-refractivity contribution in [1.82, 2.24) is 4.90 Å². The Morgan fingerprint density at radius 3 is 1.77 bits per heavy atom. The molecule has 1 unspecified atom stereocenters. The molecule has 1 aliphatic heterocycles. The number of hydrogen-bond acceptors (Lipinski definition) is 4. The third-order valence-corrected chi connectivity index (χ3v) is 8.09. The lowest BCUT2D eigenvalue weighted by molar-refractivity contribution is -0.139. The average Bonchev–Trinajstić information content (AvgIpc) is 3.22. The van der Waals surface area contributed by atoms with Crippen LogP contribution in [0.4, 0.5) is 0 Å². The van der Waals surface area contributed by atoms with Gasteiger partial charge in [-0.15, -0.1) is 0 Å². The highest BCUT2D eigenvalue weighted by molar-refractivity contribution is 6.46. The third-order valence-electron chi connectivity index (χ3n) is 7.84. The van der Waals surface area contributed by atoms with E-state index in [1.807, 2.05) is 24.3 Å². The molecule has 40 heavy (non-hydrogen) atoms. The maximum atomic E-state index is 13.2. The van der Waals surface area contributed by atoms with Gasteiger partial charge in [-0.05, 0) is 48.4 Å². The highest BCUT2D eigenvalue weighted by atomic mass is 35.5. The number of likely N-dealkylation sites (tertiary alicyclic amines) is 1. The lowest BCUT2D eigenvalue weighted by Crippen LogP contribution is -2.30. The first-order chi connectivity index (χ1) is 19.5. The summed E-state index contributed by atoms with van der Waals surface area (Å²) >= 11 is 6.02. The van der Waals surface area contributed by atoms with Crippen molar-refractivity contribution in [2.75, 3.05) is 13.7 Å². The fraction of sp³-hybridized carbons (Fsp3) is 0.529. The number of methoxy groups -OCH3 is 1. The smallest absolute Gasteiger partial charge is 0.295 e. The molecule has 1 amide bonds. The summed E-state index contributed by atoms with van der Waals surface area (Å²) in [7, 11) is 1.59. The molecule has 0 aromatic heterocycles. The van der Waals surface area contributed by atoms with E-state index in [0.29, 0.717) is 22.9 Å². The number of aliphatic hydroxyl groups is 1. The van der Waals surface area contributed by atoms with Crippen molar-refractivity contribution < 1.29 is 19.4 Å². The second-order valence-corrected chi connectivity index (χ2v) is 11.3. The van der Waals surface area contributed by atoms with Gasteiger partial charge in [-0.2, -0.15) is 0 Å². The number of Topliss-reactive ketones (excluding diaryl/α,β-unsaturated/α-hetero) is 1. The lowest BCUT2D eigenvalue weighted by Gasteiger charge is -2.25. The summed E-state index contributed by atoms with van der Waals surface area (Å²) in [6.07, 6.45) is 17.6. The number of amides is 1. The van der Waals surface area contributed by atoms with Crippen LogP contribution in [0.15, 0.2) is 54.1 Å². The molecule has 0 bridgehead atoms. The summed E-state index contributed by atoms with van der Waals surface area (Å²) in [6.45, 7) is 2.73. The maximum absolute atomic E-state index is 13.2. The van der Waals surface area contributed by atoms with Crippen molar-refractivity contribution >= 4 is 29.1 Å². The molecule has 1 heterocycles. The van der Waals surface area contributed by atoms with Crippen LogP contribution in [0.3, 0.4) is 0 Å². The van der Waals surface area contributed by atoms with E-state index in [4.69, 9.17) is 16.3 Å². The predicted molar refractivity (Wildman–Crippen MR) is 164 cm³/mol. The molecular formula is C34H46ClNO4. The van der Waals surface area contributed by atoms with E-state index in [1.165, 1.54) is 70.6 Å². The molecule has 3 rings (SSSR count). The minimum absolute atomic E-state index is 0.114. The Morgan fingerprint density at radius 1 is 0.775 bits per heavy atom. The molecule has 1 atom stereocenters. The number of carbonyl (C=O) groups excluding carboxylic acids is 2. The Bertz CT molecular complexity index is 1090. The van der Waals surface area contributed by atoms with Crippen molar-refractivity contribution in [2.24, 2.45) is 0 Å². The zero-order chi connectivity index (χ0) is 28.7. The molecule has 1 fully saturated rings. The normalized spacial score (nSPS) is 16.6. The molecule has 1 N–H and O–H groups in total. The zero-order valence-corrected chi connectivity index (χ0v) is 25.1. The summed E-state index contributed by atoms with van der Waals surface area (Å²) in [6, 6.07) is 13.3. The molecule has 218 valence electrons.